The summed E-state index contributed by atoms with van der Waals surface area (Å²) in [5.74, 6) is -0.901. The van der Waals surface area contributed by atoms with Crippen LogP contribution in [-0.4, -0.2) is 61.5 Å². The second-order valence-corrected chi connectivity index (χ2v) is 15.7. The minimum absolute atomic E-state index is 0.0413. The van der Waals surface area contributed by atoms with Crippen LogP contribution in [0.25, 0.3) is 0 Å². The first-order valence-electron chi connectivity index (χ1n) is 21.2. The number of epoxide rings is 1. The molecule has 0 aromatic carbocycles. The van der Waals surface area contributed by atoms with Gasteiger partial charge in [0, 0.05) is 19.4 Å². The van der Waals surface area contributed by atoms with Gasteiger partial charge >= 0.3 is 19.8 Å². The van der Waals surface area contributed by atoms with Crippen molar-refractivity contribution in [2.45, 2.75) is 186 Å². The lowest BCUT2D eigenvalue weighted by molar-refractivity contribution is -0.161. The van der Waals surface area contributed by atoms with E-state index in [2.05, 4.69) is 56.4 Å². The molecule has 11 heteroatoms. The quantitative estimate of drug-likeness (QED) is 0.0204. The number of carbonyl (C=O) groups is 2. The van der Waals surface area contributed by atoms with Crippen LogP contribution in [0.15, 0.2) is 48.6 Å². The summed E-state index contributed by atoms with van der Waals surface area (Å²) < 4.78 is 38.4. The average molecular weight is 782 g/mol. The van der Waals surface area contributed by atoms with Gasteiger partial charge in [-0.1, -0.05) is 152 Å². The molecule has 0 aliphatic carbocycles. The predicted molar refractivity (Wildman–Crippen MR) is 219 cm³/mol. The van der Waals surface area contributed by atoms with Crippen LogP contribution in [0.4, 0.5) is 0 Å². The maximum atomic E-state index is 12.6. The zero-order valence-corrected chi connectivity index (χ0v) is 34.8. The first-order valence-corrected chi connectivity index (χ1v) is 22.7. The van der Waals surface area contributed by atoms with E-state index < -0.39 is 32.5 Å². The number of rotatable bonds is 38. The highest BCUT2D eigenvalue weighted by atomic mass is 31.2. The van der Waals surface area contributed by atoms with E-state index >= 15 is 0 Å². The molecule has 312 valence electrons. The van der Waals surface area contributed by atoms with Crippen LogP contribution < -0.4 is 5.73 Å². The average Bonchev–Trinajstić information content (AvgIpc) is 3.91. The molecule has 0 amide bonds. The summed E-state index contributed by atoms with van der Waals surface area (Å²) in [6, 6.07) is 0. The van der Waals surface area contributed by atoms with Crippen molar-refractivity contribution < 1.29 is 42.3 Å². The third kappa shape index (κ3) is 32.2. The Balaban J connectivity index is 2.23. The molecule has 0 spiro atoms. The second kappa shape index (κ2) is 35.4. The van der Waals surface area contributed by atoms with Crippen molar-refractivity contribution in [3.63, 3.8) is 0 Å². The molecule has 10 nitrogen and oxygen atoms in total. The Labute approximate surface area is 328 Å². The predicted octanol–water partition coefficient (Wildman–Crippen LogP) is 10.9. The van der Waals surface area contributed by atoms with Gasteiger partial charge in [0.1, 0.15) is 6.61 Å². The third-order valence-corrected chi connectivity index (χ3v) is 10.1. The van der Waals surface area contributed by atoms with E-state index in [9.17, 15) is 19.0 Å². The van der Waals surface area contributed by atoms with E-state index in [1.54, 1.807) is 0 Å². The number of ether oxygens (including phenoxy) is 3. The van der Waals surface area contributed by atoms with E-state index in [4.69, 9.17) is 29.0 Å². The van der Waals surface area contributed by atoms with Crippen molar-refractivity contribution in [1.82, 2.24) is 0 Å². The zero-order chi connectivity index (χ0) is 39.4. The van der Waals surface area contributed by atoms with Gasteiger partial charge in [0.05, 0.1) is 25.4 Å². The smallest absolute Gasteiger partial charge is 0.462 e. The van der Waals surface area contributed by atoms with E-state index in [0.717, 1.165) is 51.4 Å². The molecule has 1 aliphatic rings. The Morgan fingerprint density at radius 3 is 1.74 bits per heavy atom. The van der Waals surface area contributed by atoms with Crippen LogP contribution in [0, 0.1) is 0 Å². The van der Waals surface area contributed by atoms with Crippen LogP contribution in [-0.2, 0) is 37.4 Å². The number of hydrogen-bond donors (Lipinski definition) is 2. The van der Waals surface area contributed by atoms with Crippen molar-refractivity contribution in [2.24, 2.45) is 5.73 Å². The number of carbonyl (C=O) groups excluding carboxylic acids is 2. The Kier molecular flexibility index (Phi) is 32.7. The largest absolute Gasteiger partial charge is 0.472 e. The van der Waals surface area contributed by atoms with Gasteiger partial charge in [-0.2, -0.15) is 0 Å². The number of hydrogen-bond acceptors (Lipinski definition) is 9. The SMILES string of the molecule is CCC=CCC=CCC1OC1CC=CCC=CCCCC(=O)OC(COC(=O)CCCCCCCCCCCCCCCCC)COP(=O)(O)OCCN. The van der Waals surface area contributed by atoms with Crippen molar-refractivity contribution in [2.75, 3.05) is 26.4 Å². The molecule has 0 aromatic rings. The summed E-state index contributed by atoms with van der Waals surface area (Å²) >= 11 is 0. The Hall–Kier alpha value is -2.07. The minimum Gasteiger partial charge on any atom is -0.462 e. The Morgan fingerprint density at radius 1 is 0.667 bits per heavy atom. The lowest BCUT2D eigenvalue weighted by Gasteiger charge is -2.19. The number of phosphoric ester groups is 1. The van der Waals surface area contributed by atoms with Gasteiger partial charge in [0.2, 0.25) is 0 Å². The number of nitrogens with two attached hydrogens (primary N) is 1. The van der Waals surface area contributed by atoms with Crippen LogP contribution in [0.1, 0.15) is 168 Å². The topological polar surface area (TPSA) is 147 Å². The number of esters is 2. The first kappa shape index (κ1) is 49.9. The molecule has 0 aromatic heterocycles. The van der Waals surface area contributed by atoms with Gasteiger partial charge in [-0.15, -0.1) is 0 Å². The lowest BCUT2D eigenvalue weighted by Crippen LogP contribution is -2.29. The molecule has 0 radical (unpaired) electrons. The maximum Gasteiger partial charge on any atom is 0.472 e. The highest BCUT2D eigenvalue weighted by Gasteiger charge is 2.36. The zero-order valence-electron chi connectivity index (χ0n) is 33.9. The van der Waals surface area contributed by atoms with Crippen LogP contribution in [0.5, 0.6) is 0 Å². The Morgan fingerprint density at radius 2 is 1.19 bits per heavy atom. The van der Waals surface area contributed by atoms with E-state index in [0.29, 0.717) is 25.0 Å². The lowest BCUT2D eigenvalue weighted by atomic mass is 10.0. The van der Waals surface area contributed by atoms with Gasteiger partial charge in [0.15, 0.2) is 6.10 Å². The summed E-state index contributed by atoms with van der Waals surface area (Å²) in [6.07, 6.45) is 41.8. The van der Waals surface area contributed by atoms with Crippen molar-refractivity contribution in [1.29, 1.82) is 0 Å². The maximum absolute atomic E-state index is 12.6. The number of allylic oxidation sites excluding steroid dienone is 6. The number of unbranched alkanes of at least 4 members (excludes halogenated alkanes) is 15. The summed E-state index contributed by atoms with van der Waals surface area (Å²) in [4.78, 5) is 34.8. The molecule has 1 fully saturated rings. The molecule has 1 rings (SSSR count). The van der Waals surface area contributed by atoms with Crippen molar-refractivity contribution >= 4 is 19.8 Å². The van der Waals surface area contributed by atoms with Gasteiger partial charge in [-0.3, -0.25) is 18.6 Å². The number of phosphoric acid groups is 1. The monoisotopic (exact) mass is 782 g/mol. The van der Waals surface area contributed by atoms with Crippen LogP contribution >= 0.6 is 7.82 Å². The normalized spacial score (nSPS) is 17.6. The minimum atomic E-state index is -4.40. The van der Waals surface area contributed by atoms with Crippen LogP contribution in [0.2, 0.25) is 0 Å². The molecular weight excluding hydrogens is 705 g/mol. The second-order valence-electron chi connectivity index (χ2n) is 14.2. The molecule has 1 aliphatic heterocycles. The van der Waals surface area contributed by atoms with E-state index in [1.807, 2.05) is 6.08 Å². The molecule has 54 heavy (non-hydrogen) atoms. The Bertz CT molecular complexity index is 1090. The summed E-state index contributed by atoms with van der Waals surface area (Å²) in [5, 5.41) is 0. The molecule has 3 N–H and O–H groups in total. The molecule has 0 bridgehead atoms. The van der Waals surface area contributed by atoms with Crippen molar-refractivity contribution in [3.05, 3.63) is 48.6 Å². The highest BCUT2D eigenvalue weighted by Crippen LogP contribution is 2.43. The fourth-order valence-electron chi connectivity index (χ4n) is 5.89. The molecule has 4 unspecified atom stereocenters. The van der Waals surface area contributed by atoms with Gasteiger partial charge in [-0.25, -0.2) is 4.57 Å². The standard InChI is InChI=1S/C43H76NO9P/c1-3-5-7-9-11-12-13-14-15-16-17-18-21-25-29-33-42(45)49-37-39(38-51-54(47,48)50-36-35-44)52-43(46)34-30-26-22-19-20-24-28-32-41-40(53-41)31-27-23-10-8-6-4-2/h6,8,19,22-24,27-28,39-41H,3-5,7,9-18,20-21,25-26,29-38,44H2,1-2H3,(H,47,48). The van der Waals surface area contributed by atoms with Gasteiger partial charge in [-0.05, 0) is 51.4 Å². The molecule has 0 saturated carbocycles. The summed E-state index contributed by atoms with van der Waals surface area (Å²) in [5.41, 5.74) is 5.34. The first-order chi connectivity index (χ1) is 26.3. The summed E-state index contributed by atoms with van der Waals surface area (Å²) in [7, 11) is -4.40. The molecular formula is C43H76NO9P. The van der Waals surface area contributed by atoms with Gasteiger partial charge in [0.25, 0.3) is 0 Å². The van der Waals surface area contributed by atoms with E-state index in [-0.39, 0.29) is 32.6 Å². The third-order valence-electron chi connectivity index (χ3n) is 9.13. The molecule has 1 heterocycles. The van der Waals surface area contributed by atoms with Gasteiger partial charge < -0.3 is 24.8 Å². The molecule has 1 saturated heterocycles. The summed E-state index contributed by atoms with van der Waals surface area (Å²) in [6.45, 7) is 3.54. The fraction of sp³-hybridized carbons (Fsp3) is 0.767. The fourth-order valence-corrected chi connectivity index (χ4v) is 6.65. The molecule has 4 atom stereocenters. The van der Waals surface area contributed by atoms with Crippen LogP contribution in [0.3, 0.4) is 0 Å². The van der Waals surface area contributed by atoms with Crippen molar-refractivity contribution in [3.8, 4) is 0 Å². The van der Waals surface area contributed by atoms with E-state index in [1.165, 1.54) is 77.0 Å². The highest BCUT2D eigenvalue weighted by molar-refractivity contribution is 7.47.